The Morgan fingerprint density at radius 2 is 2.00 bits per heavy atom. The quantitative estimate of drug-likeness (QED) is 0.882. The van der Waals surface area contributed by atoms with Crippen LogP contribution in [0.4, 0.5) is 13.2 Å². The first-order valence-corrected chi connectivity index (χ1v) is 6.05. The smallest absolute Gasteiger partial charge is 0.348 e. The molecule has 2 aromatic rings. The molecule has 0 aliphatic heterocycles. The van der Waals surface area contributed by atoms with E-state index in [0.29, 0.717) is 4.68 Å². The third-order valence-electron chi connectivity index (χ3n) is 2.69. The minimum Gasteiger partial charge on any atom is -0.348 e. The van der Waals surface area contributed by atoms with Crippen molar-refractivity contribution < 1.29 is 18.0 Å². The zero-order valence-corrected chi connectivity index (χ0v) is 10.9. The molecule has 1 aromatic heterocycles. The summed E-state index contributed by atoms with van der Waals surface area (Å²) in [4.78, 5) is 11.8. The van der Waals surface area contributed by atoms with Crippen molar-refractivity contribution in [1.29, 1.82) is 0 Å². The maximum atomic E-state index is 13.2. The molecular formula is C14H12F3N3O. The highest BCUT2D eigenvalue weighted by Crippen LogP contribution is 2.33. The van der Waals surface area contributed by atoms with E-state index in [4.69, 9.17) is 0 Å². The third-order valence-corrected chi connectivity index (χ3v) is 2.69. The molecule has 1 N–H and O–H groups in total. The summed E-state index contributed by atoms with van der Waals surface area (Å²) in [7, 11) is 0. The van der Waals surface area contributed by atoms with Gasteiger partial charge < -0.3 is 5.32 Å². The average molecular weight is 295 g/mol. The first kappa shape index (κ1) is 14.8. The van der Waals surface area contributed by atoms with Crippen LogP contribution in [0, 0.1) is 0 Å². The van der Waals surface area contributed by atoms with Gasteiger partial charge in [-0.15, -0.1) is 6.58 Å². The Morgan fingerprint density at radius 3 is 2.57 bits per heavy atom. The Hall–Kier alpha value is -2.57. The van der Waals surface area contributed by atoms with E-state index in [1.54, 1.807) is 18.2 Å². The number of para-hydroxylation sites is 1. The molecule has 0 radical (unpaired) electrons. The van der Waals surface area contributed by atoms with Crippen LogP contribution < -0.4 is 5.32 Å². The number of halogens is 3. The van der Waals surface area contributed by atoms with E-state index in [2.05, 4.69) is 17.0 Å². The van der Waals surface area contributed by atoms with Gasteiger partial charge in [-0.05, 0) is 12.1 Å². The molecule has 2 rings (SSSR count). The summed E-state index contributed by atoms with van der Waals surface area (Å²) < 4.78 is 40.5. The van der Waals surface area contributed by atoms with Gasteiger partial charge in [0, 0.05) is 6.54 Å². The fourth-order valence-electron chi connectivity index (χ4n) is 1.81. The molecule has 0 bridgehead atoms. The van der Waals surface area contributed by atoms with Gasteiger partial charge in [-0.2, -0.15) is 18.3 Å². The van der Waals surface area contributed by atoms with Crippen LogP contribution in [0.25, 0.3) is 5.69 Å². The molecule has 1 amide bonds. The monoisotopic (exact) mass is 295 g/mol. The van der Waals surface area contributed by atoms with Crippen molar-refractivity contribution >= 4 is 5.91 Å². The molecule has 0 atom stereocenters. The summed E-state index contributed by atoms with van der Waals surface area (Å²) in [5.74, 6) is -0.843. The Balaban J connectivity index is 2.51. The normalized spacial score (nSPS) is 11.2. The summed E-state index contributed by atoms with van der Waals surface area (Å²) in [6, 6.07) is 7.82. The Morgan fingerprint density at radius 1 is 1.33 bits per heavy atom. The Bertz CT molecular complexity index is 647. The molecule has 1 aromatic carbocycles. The van der Waals surface area contributed by atoms with Gasteiger partial charge in [0.15, 0.2) is 5.69 Å². The number of carbonyl (C=O) groups excluding carboxylic acids is 1. The van der Waals surface area contributed by atoms with E-state index in [1.165, 1.54) is 18.2 Å². The fraction of sp³-hybridized carbons (Fsp3) is 0.143. The van der Waals surface area contributed by atoms with E-state index in [-0.39, 0.29) is 12.2 Å². The minimum atomic E-state index is -4.70. The lowest BCUT2D eigenvalue weighted by molar-refractivity contribution is -0.143. The van der Waals surface area contributed by atoms with Crippen LogP contribution in [0.3, 0.4) is 0 Å². The number of hydrogen-bond acceptors (Lipinski definition) is 2. The van der Waals surface area contributed by atoms with Gasteiger partial charge in [0.25, 0.3) is 5.91 Å². The highest BCUT2D eigenvalue weighted by Gasteiger charge is 2.40. The molecule has 0 spiro atoms. The van der Waals surface area contributed by atoms with Crippen molar-refractivity contribution in [1.82, 2.24) is 15.1 Å². The topological polar surface area (TPSA) is 46.9 Å². The maximum absolute atomic E-state index is 13.2. The maximum Gasteiger partial charge on any atom is 0.434 e. The predicted octanol–water partition coefficient (Wildman–Crippen LogP) is 2.81. The molecule has 0 saturated heterocycles. The lowest BCUT2D eigenvalue weighted by Gasteiger charge is -2.12. The number of benzene rings is 1. The standard InChI is InChI=1S/C14H12F3N3O/c1-2-8-18-13(21)11-9-19-20(12(11)14(15,16)17)10-6-4-3-5-7-10/h2-7,9H,1,8H2,(H,18,21). The molecule has 0 aliphatic carbocycles. The molecule has 0 unspecified atom stereocenters. The first-order chi connectivity index (χ1) is 9.95. The number of carbonyl (C=O) groups is 1. The minimum absolute atomic E-state index is 0.0760. The van der Waals surface area contributed by atoms with Crippen LogP contribution in [0.1, 0.15) is 16.1 Å². The zero-order valence-electron chi connectivity index (χ0n) is 10.9. The number of nitrogens with zero attached hydrogens (tertiary/aromatic N) is 2. The number of alkyl halides is 3. The third kappa shape index (κ3) is 3.13. The van der Waals surface area contributed by atoms with Gasteiger partial charge in [-0.25, -0.2) is 4.68 Å². The predicted molar refractivity (Wildman–Crippen MR) is 71.1 cm³/mol. The van der Waals surface area contributed by atoms with E-state index < -0.39 is 23.3 Å². The second-order valence-electron chi connectivity index (χ2n) is 4.15. The van der Waals surface area contributed by atoms with Gasteiger partial charge in [-0.3, -0.25) is 4.79 Å². The van der Waals surface area contributed by atoms with Crippen LogP contribution >= 0.6 is 0 Å². The molecule has 0 aliphatic rings. The van der Waals surface area contributed by atoms with E-state index in [0.717, 1.165) is 6.20 Å². The molecule has 7 heteroatoms. The van der Waals surface area contributed by atoms with Crippen LogP contribution in [0.15, 0.2) is 49.2 Å². The first-order valence-electron chi connectivity index (χ1n) is 6.05. The molecule has 110 valence electrons. The lowest BCUT2D eigenvalue weighted by atomic mass is 10.2. The van der Waals surface area contributed by atoms with Gasteiger partial charge in [0.1, 0.15) is 0 Å². The number of hydrogen-bond donors (Lipinski definition) is 1. The average Bonchev–Trinajstić information content (AvgIpc) is 2.90. The molecule has 0 fully saturated rings. The van der Waals surface area contributed by atoms with Crippen LogP contribution in [-0.2, 0) is 6.18 Å². The van der Waals surface area contributed by atoms with E-state index >= 15 is 0 Å². The highest BCUT2D eigenvalue weighted by atomic mass is 19.4. The Labute approximate surface area is 118 Å². The fourth-order valence-corrected chi connectivity index (χ4v) is 1.81. The summed E-state index contributed by atoms with van der Waals surface area (Å²) in [6.45, 7) is 3.47. The summed E-state index contributed by atoms with van der Waals surface area (Å²) in [5.41, 5.74) is -1.39. The van der Waals surface area contributed by atoms with Gasteiger partial charge >= 0.3 is 6.18 Å². The summed E-state index contributed by atoms with van der Waals surface area (Å²) >= 11 is 0. The van der Waals surface area contributed by atoms with Gasteiger partial charge in [0.05, 0.1) is 17.4 Å². The van der Waals surface area contributed by atoms with Gasteiger partial charge in [0.2, 0.25) is 0 Å². The van der Waals surface area contributed by atoms with Crippen molar-refractivity contribution in [2.24, 2.45) is 0 Å². The van der Waals surface area contributed by atoms with Crippen molar-refractivity contribution in [3.8, 4) is 5.69 Å². The number of aromatic nitrogens is 2. The molecular weight excluding hydrogens is 283 g/mol. The number of amides is 1. The molecule has 4 nitrogen and oxygen atoms in total. The van der Waals surface area contributed by atoms with Crippen molar-refractivity contribution in [3.63, 3.8) is 0 Å². The second kappa shape index (κ2) is 5.82. The Kier molecular flexibility index (Phi) is 4.11. The SMILES string of the molecule is C=CCNC(=O)c1cnn(-c2ccccc2)c1C(F)(F)F. The zero-order chi connectivity index (χ0) is 15.5. The summed E-state index contributed by atoms with van der Waals surface area (Å²) in [6.07, 6.45) is -2.41. The van der Waals surface area contributed by atoms with E-state index in [9.17, 15) is 18.0 Å². The molecule has 1 heterocycles. The van der Waals surface area contributed by atoms with Gasteiger partial charge in [-0.1, -0.05) is 24.3 Å². The van der Waals surface area contributed by atoms with E-state index in [1.807, 2.05) is 0 Å². The van der Waals surface area contributed by atoms with Crippen LogP contribution in [0.2, 0.25) is 0 Å². The van der Waals surface area contributed by atoms with Crippen molar-refractivity contribution in [2.75, 3.05) is 6.54 Å². The molecule has 21 heavy (non-hydrogen) atoms. The molecule has 0 saturated carbocycles. The van der Waals surface area contributed by atoms with Crippen LogP contribution in [-0.4, -0.2) is 22.2 Å². The van der Waals surface area contributed by atoms with Crippen molar-refractivity contribution in [3.05, 3.63) is 60.4 Å². The number of rotatable bonds is 4. The number of nitrogens with one attached hydrogen (secondary N) is 1. The largest absolute Gasteiger partial charge is 0.434 e. The lowest BCUT2D eigenvalue weighted by Crippen LogP contribution is -2.26. The van der Waals surface area contributed by atoms with Crippen molar-refractivity contribution in [2.45, 2.75) is 6.18 Å². The van der Waals surface area contributed by atoms with Crippen LogP contribution in [0.5, 0.6) is 0 Å². The highest BCUT2D eigenvalue weighted by molar-refractivity contribution is 5.95. The second-order valence-corrected chi connectivity index (χ2v) is 4.15. The summed E-state index contributed by atoms with van der Waals surface area (Å²) in [5, 5.41) is 6.01.